The van der Waals surface area contributed by atoms with Crippen molar-refractivity contribution in [3.63, 3.8) is 0 Å². The van der Waals surface area contributed by atoms with E-state index in [0.717, 1.165) is 28.3 Å². The fourth-order valence-corrected chi connectivity index (χ4v) is 4.19. The SMILES string of the molecule is COc1ccc(-n2nc(C)c3c(C(=O)Nc4c(C)ccnc4C)cc(-c4ccccc4)nc32)cc1. The minimum Gasteiger partial charge on any atom is -0.497 e. The van der Waals surface area contributed by atoms with Crippen LogP contribution in [0.25, 0.3) is 28.0 Å². The molecule has 0 aliphatic rings. The molecule has 0 spiro atoms. The number of aryl methyl sites for hydroxylation is 3. The van der Waals surface area contributed by atoms with Crippen molar-refractivity contribution in [2.24, 2.45) is 0 Å². The summed E-state index contributed by atoms with van der Waals surface area (Å²) in [5.41, 5.74) is 6.69. The molecule has 1 amide bonds. The summed E-state index contributed by atoms with van der Waals surface area (Å²) in [6, 6.07) is 21.1. The molecule has 35 heavy (non-hydrogen) atoms. The van der Waals surface area contributed by atoms with Crippen LogP contribution in [-0.4, -0.2) is 32.8 Å². The zero-order chi connectivity index (χ0) is 24.5. The summed E-state index contributed by atoms with van der Waals surface area (Å²) in [4.78, 5) is 23.0. The van der Waals surface area contributed by atoms with Crippen LogP contribution in [0.4, 0.5) is 5.69 Å². The second-order valence-corrected chi connectivity index (χ2v) is 8.36. The molecule has 0 unspecified atom stereocenters. The summed E-state index contributed by atoms with van der Waals surface area (Å²) in [7, 11) is 1.63. The normalized spacial score (nSPS) is 11.0. The predicted molar refractivity (Wildman–Crippen MR) is 137 cm³/mol. The maximum Gasteiger partial charge on any atom is 0.256 e. The Morgan fingerprint density at radius 1 is 0.943 bits per heavy atom. The van der Waals surface area contributed by atoms with Gasteiger partial charge in [-0.2, -0.15) is 5.10 Å². The summed E-state index contributed by atoms with van der Waals surface area (Å²) in [6.45, 7) is 5.73. The van der Waals surface area contributed by atoms with Crippen molar-refractivity contribution in [3.8, 4) is 22.7 Å². The largest absolute Gasteiger partial charge is 0.497 e. The van der Waals surface area contributed by atoms with Crippen LogP contribution >= 0.6 is 0 Å². The third kappa shape index (κ3) is 4.12. The lowest BCUT2D eigenvalue weighted by molar-refractivity contribution is 0.102. The van der Waals surface area contributed by atoms with Crippen molar-refractivity contribution < 1.29 is 9.53 Å². The van der Waals surface area contributed by atoms with E-state index in [4.69, 9.17) is 14.8 Å². The number of fused-ring (bicyclic) bond motifs is 1. The Morgan fingerprint density at radius 3 is 2.37 bits per heavy atom. The Kier molecular flexibility index (Phi) is 5.74. The first-order chi connectivity index (χ1) is 17.0. The Hall–Kier alpha value is -4.52. The van der Waals surface area contributed by atoms with E-state index in [2.05, 4.69) is 10.3 Å². The van der Waals surface area contributed by atoms with Crippen LogP contribution in [0.1, 0.15) is 27.3 Å². The molecule has 1 N–H and O–H groups in total. The molecular formula is C28H25N5O2. The van der Waals surface area contributed by atoms with Crippen LogP contribution in [0, 0.1) is 20.8 Å². The summed E-state index contributed by atoms with van der Waals surface area (Å²) in [5, 5.41) is 8.54. The van der Waals surface area contributed by atoms with Gasteiger partial charge in [-0.15, -0.1) is 0 Å². The smallest absolute Gasteiger partial charge is 0.256 e. The van der Waals surface area contributed by atoms with Gasteiger partial charge in [-0.05, 0) is 62.7 Å². The van der Waals surface area contributed by atoms with Gasteiger partial charge in [0.2, 0.25) is 0 Å². The number of carbonyl (C=O) groups is 1. The van der Waals surface area contributed by atoms with E-state index in [0.29, 0.717) is 33.7 Å². The Labute approximate surface area is 203 Å². The summed E-state index contributed by atoms with van der Waals surface area (Å²) in [5.74, 6) is 0.522. The van der Waals surface area contributed by atoms with Crippen LogP contribution in [0.15, 0.2) is 72.9 Å². The zero-order valence-corrected chi connectivity index (χ0v) is 20.0. The first kappa shape index (κ1) is 22.3. The maximum atomic E-state index is 13.7. The number of benzene rings is 2. The van der Waals surface area contributed by atoms with Gasteiger partial charge in [-0.1, -0.05) is 30.3 Å². The summed E-state index contributed by atoms with van der Waals surface area (Å²) >= 11 is 0. The molecule has 0 saturated heterocycles. The molecule has 0 saturated carbocycles. The number of aromatic nitrogens is 4. The maximum absolute atomic E-state index is 13.7. The van der Waals surface area contributed by atoms with Gasteiger partial charge < -0.3 is 10.1 Å². The van der Waals surface area contributed by atoms with Crippen molar-refractivity contribution in [3.05, 3.63) is 95.4 Å². The average Bonchev–Trinajstić information content (AvgIpc) is 3.22. The monoisotopic (exact) mass is 463 g/mol. The molecule has 3 aromatic heterocycles. The van der Waals surface area contributed by atoms with Gasteiger partial charge in [-0.3, -0.25) is 9.78 Å². The van der Waals surface area contributed by atoms with Crippen LogP contribution in [0.3, 0.4) is 0 Å². The number of nitrogens with zero attached hydrogens (tertiary/aromatic N) is 4. The second kappa shape index (κ2) is 9.02. The number of ether oxygens (including phenoxy) is 1. The first-order valence-corrected chi connectivity index (χ1v) is 11.3. The molecule has 2 aromatic carbocycles. The Balaban J connectivity index is 1.71. The van der Waals surface area contributed by atoms with E-state index >= 15 is 0 Å². The molecule has 174 valence electrons. The number of methoxy groups -OCH3 is 1. The lowest BCUT2D eigenvalue weighted by atomic mass is 10.0. The summed E-state index contributed by atoms with van der Waals surface area (Å²) < 4.78 is 7.07. The third-order valence-electron chi connectivity index (χ3n) is 6.03. The van der Waals surface area contributed by atoms with E-state index in [9.17, 15) is 4.79 Å². The lowest BCUT2D eigenvalue weighted by Gasteiger charge is -2.13. The molecule has 0 radical (unpaired) electrons. The number of carbonyl (C=O) groups excluding carboxylic acids is 1. The first-order valence-electron chi connectivity index (χ1n) is 11.3. The number of amides is 1. The number of nitrogens with one attached hydrogen (secondary N) is 1. The van der Waals surface area contributed by atoms with Crippen LogP contribution in [0.2, 0.25) is 0 Å². The van der Waals surface area contributed by atoms with Gasteiger partial charge in [0.15, 0.2) is 5.65 Å². The highest BCUT2D eigenvalue weighted by molar-refractivity contribution is 6.13. The second-order valence-electron chi connectivity index (χ2n) is 8.36. The Bertz CT molecular complexity index is 1520. The molecule has 5 rings (SSSR count). The number of pyridine rings is 2. The zero-order valence-electron chi connectivity index (χ0n) is 20.0. The third-order valence-corrected chi connectivity index (χ3v) is 6.03. The fourth-order valence-electron chi connectivity index (χ4n) is 4.19. The molecule has 7 heteroatoms. The van der Waals surface area contributed by atoms with Crippen molar-refractivity contribution in [1.29, 1.82) is 0 Å². The minimum absolute atomic E-state index is 0.230. The number of anilines is 1. The van der Waals surface area contributed by atoms with Crippen molar-refractivity contribution in [1.82, 2.24) is 19.7 Å². The topological polar surface area (TPSA) is 81.9 Å². The minimum atomic E-state index is -0.230. The molecule has 7 nitrogen and oxygen atoms in total. The van der Waals surface area contributed by atoms with E-state index < -0.39 is 0 Å². The Morgan fingerprint density at radius 2 is 1.69 bits per heavy atom. The van der Waals surface area contributed by atoms with Gasteiger partial charge in [-0.25, -0.2) is 9.67 Å². The van der Waals surface area contributed by atoms with Crippen molar-refractivity contribution in [2.45, 2.75) is 20.8 Å². The molecular weight excluding hydrogens is 438 g/mol. The van der Waals surface area contributed by atoms with E-state index in [1.807, 2.05) is 87.5 Å². The highest BCUT2D eigenvalue weighted by Gasteiger charge is 2.22. The van der Waals surface area contributed by atoms with Crippen LogP contribution < -0.4 is 10.1 Å². The van der Waals surface area contributed by atoms with Gasteiger partial charge in [0.1, 0.15) is 5.75 Å². The predicted octanol–water partition coefficient (Wildman–Crippen LogP) is 5.67. The quantitative estimate of drug-likeness (QED) is 0.363. The van der Waals surface area contributed by atoms with Crippen molar-refractivity contribution >= 4 is 22.6 Å². The molecule has 0 aliphatic carbocycles. The summed E-state index contributed by atoms with van der Waals surface area (Å²) in [6.07, 6.45) is 1.74. The number of rotatable bonds is 5. The van der Waals surface area contributed by atoms with E-state index in [1.54, 1.807) is 18.0 Å². The highest BCUT2D eigenvalue weighted by Crippen LogP contribution is 2.30. The standard InChI is InChI=1S/C28H25N5O2/c1-17-14-15-29-19(3)26(17)31-28(34)23-16-24(20-8-6-5-7-9-20)30-27-25(23)18(2)32-33(27)21-10-12-22(35-4)13-11-21/h5-16H,1-4H3,(H,31,34). The molecule has 0 aliphatic heterocycles. The molecule has 0 fully saturated rings. The molecule has 0 atom stereocenters. The van der Waals surface area contributed by atoms with Crippen LogP contribution in [-0.2, 0) is 0 Å². The number of hydrogen-bond acceptors (Lipinski definition) is 5. The van der Waals surface area contributed by atoms with Gasteiger partial charge in [0, 0.05) is 11.8 Å². The van der Waals surface area contributed by atoms with Crippen molar-refractivity contribution in [2.75, 3.05) is 12.4 Å². The van der Waals surface area contributed by atoms with E-state index in [-0.39, 0.29) is 5.91 Å². The molecule has 0 bridgehead atoms. The average molecular weight is 464 g/mol. The van der Waals surface area contributed by atoms with E-state index in [1.165, 1.54) is 0 Å². The molecule has 5 aromatic rings. The highest BCUT2D eigenvalue weighted by atomic mass is 16.5. The number of hydrogen-bond donors (Lipinski definition) is 1. The van der Waals surface area contributed by atoms with Gasteiger partial charge in [0.25, 0.3) is 5.91 Å². The fraction of sp³-hybridized carbons (Fsp3) is 0.143. The molecule has 3 heterocycles. The van der Waals surface area contributed by atoms with Gasteiger partial charge in [0.05, 0.1) is 46.5 Å². The van der Waals surface area contributed by atoms with Crippen LogP contribution in [0.5, 0.6) is 5.75 Å². The lowest BCUT2D eigenvalue weighted by Crippen LogP contribution is -2.15. The van der Waals surface area contributed by atoms with Gasteiger partial charge >= 0.3 is 0 Å².